The van der Waals surface area contributed by atoms with Gasteiger partial charge in [0, 0.05) is 31.3 Å². The van der Waals surface area contributed by atoms with E-state index in [-0.39, 0.29) is 31.2 Å². The van der Waals surface area contributed by atoms with Crippen LogP contribution in [0, 0.1) is 5.92 Å². The topological polar surface area (TPSA) is 89.4 Å². The van der Waals surface area contributed by atoms with Crippen molar-refractivity contribution >= 4 is 10.8 Å². The number of ether oxygens (including phenoxy) is 4. The Morgan fingerprint density at radius 1 is 0.767 bits per heavy atom. The van der Waals surface area contributed by atoms with Crippen molar-refractivity contribution in [2.24, 2.45) is 5.92 Å². The van der Waals surface area contributed by atoms with Gasteiger partial charge in [-0.3, -0.25) is 0 Å². The minimum atomic E-state index is -0.880. The van der Waals surface area contributed by atoms with Crippen LogP contribution in [-0.2, 0) is 27.4 Å². The lowest BCUT2D eigenvalue weighted by molar-refractivity contribution is -0.0416. The smallest absolute Gasteiger partial charge is 0.119 e. The molecule has 1 aliphatic heterocycles. The molecule has 1 unspecified atom stereocenters. The zero-order chi connectivity index (χ0) is 29.7. The summed E-state index contributed by atoms with van der Waals surface area (Å²) < 4.78 is 24.2. The number of hydrogen-bond donors (Lipinski definition) is 3. The molecule has 0 amide bonds. The summed E-state index contributed by atoms with van der Waals surface area (Å²) in [7, 11) is 0. The van der Waals surface area contributed by atoms with Gasteiger partial charge in [-0.15, -0.1) is 0 Å². The SMILES string of the molecule is OCC(O)COC[C@@H]1CNC[C@H](OCc2ccc3ccccc3c2)[C@H]1c1ccc(OCCCOCc2ccccc2)cc1. The van der Waals surface area contributed by atoms with Gasteiger partial charge in [-0.05, 0) is 45.7 Å². The number of benzene rings is 4. The summed E-state index contributed by atoms with van der Waals surface area (Å²) in [5.41, 5.74) is 3.47. The summed E-state index contributed by atoms with van der Waals surface area (Å²) >= 11 is 0. The van der Waals surface area contributed by atoms with Gasteiger partial charge in [-0.1, -0.05) is 78.9 Å². The molecule has 0 radical (unpaired) electrons. The van der Waals surface area contributed by atoms with Crippen LogP contribution in [0.5, 0.6) is 5.75 Å². The summed E-state index contributed by atoms with van der Waals surface area (Å²) in [6, 6.07) is 33.3. The van der Waals surface area contributed by atoms with E-state index in [2.05, 4.69) is 72.0 Å². The molecule has 0 spiro atoms. The van der Waals surface area contributed by atoms with Gasteiger partial charge in [0.15, 0.2) is 0 Å². The zero-order valence-corrected chi connectivity index (χ0v) is 24.6. The number of fused-ring (bicyclic) bond motifs is 1. The van der Waals surface area contributed by atoms with Crippen molar-refractivity contribution in [3.8, 4) is 5.75 Å². The van der Waals surface area contributed by atoms with E-state index in [0.717, 1.165) is 30.8 Å². The molecule has 0 saturated carbocycles. The Morgan fingerprint density at radius 3 is 2.37 bits per heavy atom. The van der Waals surface area contributed by atoms with Crippen molar-refractivity contribution in [2.75, 3.05) is 46.1 Å². The van der Waals surface area contributed by atoms with Crippen molar-refractivity contribution < 1.29 is 29.2 Å². The van der Waals surface area contributed by atoms with E-state index in [9.17, 15) is 10.2 Å². The maximum absolute atomic E-state index is 9.77. The molecule has 0 bridgehead atoms. The van der Waals surface area contributed by atoms with Gasteiger partial charge in [-0.2, -0.15) is 0 Å². The number of aliphatic hydroxyl groups excluding tert-OH is 2. The molecule has 43 heavy (non-hydrogen) atoms. The van der Waals surface area contributed by atoms with Gasteiger partial charge in [0.2, 0.25) is 0 Å². The molecule has 0 aromatic heterocycles. The highest BCUT2D eigenvalue weighted by Crippen LogP contribution is 2.34. The lowest BCUT2D eigenvalue weighted by Crippen LogP contribution is -2.48. The van der Waals surface area contributed by atoms with Crippen molar-refractivity contribution in [1.82, 2.24) is 5.32 Å². The monoisotopic (exact) mass is 585 g/mol. The molecule has 4 aromatic rings. The number of piperidine rings is 1. The highest BCUT2D eigenvalue weighted by molar-refractivity contribution is 5.82. The Hall–Kier alpha value is -3.30. The van der Waals surface area contributed by atoms with E-state index >= 15 is 0 Å². The molecule has 4 atom stereocenters. The fraction of sp³-hybridized carbons (Fsp3) is 0.389. The lowest BCUT2D eigenvalue weighted by Gasteiger charge is -2.39. The molecule has 1 heterocycles. The van der Waals surface area contributed by atoms with Crippen LogP contribution in [0.25, 0.3) is 10.8 Å². The minimum absolute atomic E-state index is 0.0647. The third-order valence-electron chi connectivity index (χ3n) is 7.87. The normalized spacial score (nSPS) is 19.3. The van der Waals surface area contributed by atoms with Gasteiger partial charge in [0.1, 0.15) is 11.9 Å². The molecule has 228 valence electrons. The molecule has 3 N–H and O–H groups in total. The van der Waals surface area contributed by atoms with Gasteiger partial charge in [0.25, 0.3) is 0 Å². The van der Waals surface area contributed by atoms with Crippen molar-refractivity contribution in [1.29, 1.82) is 0 Å². The van der Waals surface area contributed by atoms with Crippen LogP contribution in [0.3, 0.4) is 0 Å². The maximum Gasteiger partial charge on any atom is 0.119 e. The second-order valence-electron chi connectivity index (χ2n) is 11.2. The van der Waals surface area contributed by atoms with Gasteiger partial charge in [-0.25, -0.2) is 0 Å². The van der Waals surface area contributed by atoms with Crippen molar-refractivity contribution in [2.45, 2.75) is 37.8 Å². The van der Waals surface area contributed by atoms with Crippen molar-refractivity contribution in [3.05, 3.63) is 114 Å². The third-order valence-corrected chi connectivity index (χ3v) is 7.87. The third kappa shape index (κ3) is 9.34. The second-order valence-corrected chi connectivity index (χ2v) is 11.2. The van der Waals surface area contributed by atoms with Crippen LogP contribution in [0.4, 0.5) is 0 Å². The fourth-order valence-corrected chi connectivity index (χ4v) is 5.62. The van der Waals surface area contributed by atoms with E-state index in [1.807, 2.05) is 30.3 Å². The molecule has 0 aliphatic carbocycles. The standard InChI is InChI=1S/C36H43NO6/c38-22-33(39)26-41-25-32-20-37-21-35(43-24-28-11-12-29-9-4-5-10-31(29)19-28)36(32)30-13-15-34(16-14-30)42-18-6-17-40-23-27-7-2-1-3-8-27/h1-5,7-16,19,32-33,35-39H,6,17-18,20-26H2/t32-,33?,35-,36-/m0/s1. The molecule has 1 fully saturated rings. The zero-order valence-electron chi connectivity index (χ0n) is 24.6. The molecule has 1 saturated heterocycles. The summed E-state index contributed by atoms with van der Waals surface area (Å²) in [5.74, 6) is 1.05. The minimum Gasteiger partial charge on any atom is -0.494 e. The van der Waals surface area contributed by atoms with Gasteiger partial charge in [0.05, 0.1) is 52.4 Å². The molecule has 4 aromatic carbocycles. The predicted molar refractivity (Wildman–Crippen MR) is 168 cm³/mol. The lowest BCUT2D eigenvalue weighted by atomic mass is 9.79. The van der Waals surface area contributed by atoms with E-state index in [1.54, 1.807) is 0 Å². The number of aliphatic hydroxyl groups is 2. The second kappa shape index (κ2) is 16.5. The van der Waals surface area contributed by atoms with E-state index in [1.165, 1.54) is 21.9 Å². The summed E-state index contributed by atoms with van der Waals surface area (Å²) in [6.07, 6.45) is -0.132. The largest absolute Gasteiger partial charge is 0.494 e. The number of rotatable bonds is 16. The Kier molecular flexibility index (Phi) is 12.0. The average Bonchev–Trinajstić information content (AvgIpc) is 3.06. The van der Waals surface area contributed by atoms with E-state index < -0.39 is 6.10 Å². The first-order chi connectivity index (χ1) is 21.2. The highest BCUT2D eigenvalue weighted by atomic mass is 16.5. The fourth-order valence-electron chi connectivity index (χ4n) is 5.62. The summed E-state index contributed by atoms with van der Waals surface area (Å²) in [4.78, 5) is 0. The first-order valence-corrected chi connectivity index (χ1v) is 15.2. The quantitative estimate of drug-likeness (QED) is 0.158. The van der Waals surface area contributed by atoms with Gasteiger partial charge < -0.3 is 34.5 Å². The van der Waals surface area contributed by atoms with Gasteiger partial charge >= 0.3 is 0 Å². The Balaban J connectivity index is 1.19. The van der Waals surface area contributed by atoms with Crippen LogP contribution in [0.1, 0.15) is 29.0 Å². The maximum atomic E-state index is 9.77. The molecular weight excluding hydrogens is 542 g/mol. The first-order valence-electron chi connectivity index (χ1n) is 15.2. The molecule has 7 heteroatoms. The Bertz CT molecular complexity index is 1370. The molecule has 5 rings (SSSR count). The molecule has 7 nitrogen and oxygen atoms in total. The van der Waals surface area contributed by atoms with Crippen LogP contribution in [0.2, 0.25) is 0 Å². The summed E-state index contributed by atoms with van der Waals surface area (Å²) in [5, 5.41) is 24.9. The average molecular weight is 586 g/mol. The van der Waals surface area contributed by atoms with Crippen LogP contribution in [-0.4, -0.2) is 68.5 Å². The number of hydrogen-bond acceptors (Lipinski definition) is 7. The van der Waals surface area contributed by atoms with E-state index in [4.69, 9.17) is 18.9 Å². The van der Waals surface area contributed by atoms with Crippen molar-refractivity contribution in [3.63, 3.8) is 0 Å². The molecular formula is C36H43NO6. The highest BCUT2D eigenvalue weighted by Gasteiger charge is 2.35. The van der Waals surface area contributed by atoms with E-state index in [0.29, 0.717) is 33.0 Å². The summed E-state index contributed by atoms with van der Waals surface area (Å²) in [6.45, 7) is 4.10. The Labute approximate surface area is 254 Å². The van der Waals surface area contributed by atoms with Crippen LogP contribution in [0.15, 0.2) is 97.1 Å². The first kappa shape index (κ1) is 31.1. The van der Waals surface area contributed by atoms with Crippen LogP contribution < -0.4 is 10.1 Å². The number of nitrogens with one attached hydrogen (secondary N) is 1. The van der Waals surface area contributed by atoms with Crippen LogP contribution >= 0.6 is 0 Å². The predicted octanol–water partition coefficient (Wildman–Crippen LogP) is 5.08. The Morgan fingerprint density at radius 2 is 1.56 bits per heavy atom. The molecule has 1 aliphatic rings.